The molecule has 1 unspecified atom stereocenters. The van der Waals surface area contributed by atoms with E-state index < -0.39 is 0 Å². The third-order valence-corrected chi connectivity index (χ3v) is 2.33. The zero-order valence-electron chi connectivity index (χ0n) is 8.18. The molecule has 0 aliphatic carbocycles. The summed E-state index contributed by atoms with van der Waals surface area (Å²) in [5.41, 5.74) is 1.25. The lowest BCUT2D eigenvalue weighted by atomic mass is 10.2. The molecule has 1 atom stereocenters. The Bertz CT molecular complexity index is 156. The lowest BCUT2D eigenvalue weighted by Gasteiger charge is -2.23. The van der Waals surface area contributed by atoms with Gasteiger partial charge in [-0.15, -0.1) is 0 Å². The van der Waals surface area contributed by atoms with Gasteiger partial charge in [-0.3, -0.25) is 4.90 Å². The summed E-state index contributed by atoms with van der Waals surface area (Å²) in [6.45, 7) is 9.13. The van der Waals surface area contributed by atoms with Gasteiger partial charge < -0.3 is 4.74 Å². The first kappa shape index (κ1) is 9.75. The highest BCUT2D eigenvalue weighted by Crippen LogP contribution is 2.17. The maximum Gasteiger partial charge on any atom is 0.0618 e. The van der Waals surface area contributed by atoms with Crippen LogP contribution in [0.4, 0.5) is 0 Å². The van der Waals surface area contributed by atoms with Gasteiger partial charge >= 0.3 is 0 Å². The van der Waals surface area contributed by atoms with Crippen LogP contribution < -0.4 is 0 Å². The van der Waals surface area contributed by atoms with Crippen molar-refractivity contribution >= 4 is 0 Å². The quantitative estimate of drug-likeness (QED) is 0.594. The van der Waals surface area contributed by atoms with Crippen LogP contribution in [0.5, 0.6) is 0 Å². The van der Waals surface area contributed by atoms with Crippen LogP contribution in [0.1, 0.15) is 19.8 Å². The predicted octanol–water partition coefficient (Wildman–Crippen LogP) is 1.67. The van der Waals surface area contributed by atoms with Gasteiger partial charge in [0, 0.05) is 19.7 Å². The highest BCUT2D eigenvalue weighted by molar-refractivity contribution is 4.95. The summed E-state index contributed by atoms with van der Waals surface area (Å²) < 4.78 is 5.17. The van der Waals surface area contributed by atoms with Crippen molar-refractivity contribution in [2.75, 3.05) is 26.8 Å². The van der Waals surface area contributed by atoms with E-state index in [2.05, 4.69) is 18.4 Å². The maximum absolute atomic E-state index is 5.17. The third-order valence-electron chi connectivity index (χ3n) is 2.33. The number of hydrogen-bond acceptors (Lipinski definition) is 2. The first-order valence-electron chi connectivity index (χ1n) is 4.61. The Morgan fingerprint density at radius 3 is 3.00 bits per heavy atom. The Balaban J connectivity index is 2.35. The van der Waals surface area contributed by atoms with Crippen LogP contribution in [0.2, 0.25) is 0 Å². The van der Waals surface area contributed by atoms with Gasteiger partial charge in [0.15, 0.2) is 0 Å². The first-order valence-corrected chi connectivity index (χ1v) is 4.61. The lowest BCUT2D eigenvalue weighted by Crippen LogP contribution is -2.33. The summed E-state index contributed by atoms with van der Waals surface area (Å²) in [6.07, 6.45) is 2.59. The van der Waals surface area contributed by atoms with Crippen LogP contribution in [0.3, 0.4) is 0 Å². The van der Waals surface area contributed by atoms with Gasteiger partial charge in [-0.25, -0.2) is 0 Å². The Morgan fingerprint density at radius 2 is 2.42 bits per heavy atom. The predicted molar refractivity (Wildman–Crippen MR) is 51.3 cm³/mol. The second kappa shape index (κ2) is 4.63. The largest absolute Gasteiger partial charge is 0.383 e. The van der Waals surface area contributed by atoms with E-state index in [0.29, 0.717) is 6.04 Å². The third kappa shape index (κ3) is 2.61. The Labute approximate surface area is 75.2 Å². The number of ether oxygens (including phenoxy) is 1. The van der Waals surface area contributed by atoms with Crippen LogP contribution in [0.25, 0.3) is 0 Å². The molecule has 1 heterocycles. The molecule has 0 aromatic heterocycles. The molecule has 1 rings (SSSR count). The SMILES string of the molecule is C=C(C)CN1CCCC1COC. The summed E-state index contributed by atoms with van der Waals surface area (Å²) >= 11 is 0. The summed E-state index contributed by atoms with van der Waals surface area (Å²) in [6, 6.07) is 0.631. The smallest absolute Gasteiger partial charge is 0.0618 e. The normalized spacial score (nSPS) is 24.7. The molecule has 0 aromatic carbocycles. The van der Waals surface area contributed by atoms with E-state index in [1.165, 1.54) is 25.0 Å². The van der Waals surface area contributed by atoms with Crippen molar-refractivity contribution in [2.24, 2.45) is 0 Å². The standard InChI is InChI=1S/C10H19NO/c1-9(2)7-11-6-4-5-10(11)8-12-3/h10H,1,4-8H2,2-3H3. The molecule has 12 heavy (non-hydrogen) atoms. The summed E-state index contributed by atoms with van der Waals surface area (Å²) in [5.74, 6) is 0. The molecule has 0 saturated carbocycles. The van der Waals surface area contributed by atoms with Gasteiger partial charge in [0.2, 0.25) is 0 Å². The number of likely N-dealkylation sites (tertiary alicyclic amines) is 1. The molecule has 1 fully saturated rings. The van der Waals surface area contributed by atoms with Crippen molar-refractivity contribution < 1.29 is 4.74 Å². The molecular weight excluding hydrogens is 150 g/mol. The van der Waals surface area contributed by atoms with Gasteiger partial charge in [0.05, 0.1) is 6.61 Å². The number of hydrogen-bond donors (Lipinski definition) is 0. The number of nitrogens with zero attached hydrogens (tertiary/aromatic N) is 1. The van der Waals surface area contributed by atoms with Gasteiger partial charge in [0.1, 0.15) is 0 Å². The van der Waals surface area contributed by atoms with E-state index in [1.54, 1.807) is 7.11 Å². The summed E-state index contributed by atoms with van der Waals surface area (Å²) in [4.78, 5) is 2.46. The molecule has 1 aliphatic rings. The minimum absolute atomic E-state index is 0.631. The zero-order chi connectivity index (χ0) is 8.97. The van der Waals surface area contributed by atoms with Crippen LogP contribution in [-0.4, -0.2) is 37.7 Å². The second-order valence-corrected chi connectivity index (χ2v) is 3.68. The molecule has 1 saturated heterocycles. The van der Waals surface area contributed by atoms with Crippen molar-refractivity contribution in [3.63, 3.8) is 0 Å². The van der Waals surface area contributed by atoms with Crippen molar-refractivity contribution in [3.8, 4) is 0 Å². The van der Waals surface area contributed by atoms with Crippen LogP contribution in [0, 0.1) is 0 Å². The van der Waals surface area contributed by atoms with E-state index in [-0.39, 0.29) is 0 Å². The highest BCUT2D eigenvalue weighted by atomic mass is 16.5. The van der Waals surface area contributed by atoms with E-state index in [1.807, 2.05) is 0 Å². The van der Waals surface area contributed by atoms with Gasteiger partial charge in [-0.1, -0.05) is 12.2 Å². The topological polar surface area (TPSA) is 12.5 Å². The Kier molecular flexibility index (Phi) is 3.76. The van der Waals surface area contributed by atoms with Crippen molar-refractivity contribution in [2.45, 2.75) is 25.8 Å². The van der Waals surface area contributed by atoms with Crippen molar-refractivity contribution in [3.05, 3.63) is 12.2 Å². The molecule has 0 bridgehead atoms. The molecular formula is C10H19NO. The molecule has 0 amide bonds. The van der Waals surface area contributed by atoms with E-state index >= 15 is 0 Å². The monoisotopic (exact) mass is 169 g/mol. The van der Waals surface area contributed by atoms with Gasteiger partial charge in [-0.05, 0) is 26.3 Å². The molecule has 0 N–H and O–H groups in total. The molecule has 0 radical (unpaired) electrons. The zero-order valence-corrected chi connectivity index (χ0v) is 8.18. The summed E-state index contributed by atoms with van der Waals surface area (Å²) in [5, 5.41) is 0. The molecule has 1 aliphatic heterocycles. The lowest BCUT2D eigenvalue weighted by molar-refractivity contribution is 0.121. The van der Waals surface area contributed by atoms with Crippen LogP contribution >= 0.6 is 0 Å². The molecule has 70 valence electrons. The fourth-order valence-corrected chi connectivity index (χ4v) is 1.83. The second-order valence-electron chi connectivity index (χ2n) is 3.68. The summed E-state index contributed by atoms with van der Waals surface area (Å²) in [7, 11) is 1.78. The molecule has 0 spiro atoms. The molecule has 2 heteroatoms. The number of methoxy groups -OCH3 is 1. The fraction of sp³-hybridized carbons (Fsp3) is 0.800. The molecule has 2 nitrogen and oxygen atoms in total. The minimum Gasteiger partial charge on any atom is -0.383 e. The van der Waals surface area contributed by atoms with Crippen molar-refractivity contribution in [1.82, 2.24) is 4.90 Å². The van der Waals surface area contributed by atoms with Crippen LogP contribution in [-0.2, 0) is 4.74 Å². The highest BCUT2D eigenvalue weighted by Gasteiger charge is 2.23. The van der Waals surface area contributed by atoms with Crippen molar-refractivity contribution in [1.29, 1.82) is 0 Å². The van der Waals surface area contributed by atoms with Crippen LogP contribution in [0.15, 0.2) is 12.2 Å². The minimum atomic E-state index is 0.631. The average molecular weight is 169 g/mol. The number of rotatable bonds is 4. The van der Waals surface area contributed by atoms with E-state index in [0.717, 1.165) is 13.2 Å². The maximum atomic E-state index is 5.17. The van der Waals surface area contributed by atoms with Gasteiger partial charge in [-0.2, -0.15) is 0 Å². The molecule has 0 aromatic rings. The van der Waals surface area contributed by atoms with E-state index in [9.17, 15) is 0 Å². The first-order chi connectivity index (χ1) is 5.74. The fourth-order valence-electron chi connectivity index (χ4n) is 1.83. The Hall–Kier alpha value is -0.340. The van der Waals surface area contributed by atoms with E-state index in [4.69, 9.17) is 4.74 Å². The van der Waals surface area contributed by atoms with Gasteiger partial charge in [0.25, 0.3) is 0 Å². The Morgan fingerprint density at radius 1 is 1.67 bits per heavy atom. The average Bonchev–Trinajstić information content (AvgIpc) is 2.37.